The highest BCUT2D eigenvalue weighted by Gasteiger charge is 2.65. The van der Waals surface area contributed by atoms with Crippen LogP contribution in [0.3, 0.4) is 0 Å². The van der Waals surface area contributed by atoms with Gasteiger partial charge in [0.15, 0.2) is 29.0 Å². The molecule has 0 bridgehead atoms. The minimum absolute atomic E-state index is 0.0784. The summed E-state index contributed by atoms with van der Waals surface area (Å²) in [6.45, 7) is 11.9. The predicted molar refractivity (Wildman–Crippen MR) is 431 cm³/mol. The molecule has 0 aliphatic heterocycles. The third-order valence-corrected chi connectivity index (χ3v) is 38.4. The maximum atomic E-state index is 13.4. The molecule has 4 heterocycles. The molecule has 16 fully saturated rings. The number of aryl methyl sites for hydroxylation is 2. The zero-order valence-corrected chi connectivity index (χ0v) is 71.5. The lowest BCUT2D eigenvalue weighted by Crippen LogP contribution is -2.52. The molecule has 4 N–H and O–H groups in total. The maximum absolute atomic E-state index is 13.4. The van der Waals surface area contributed by atoms with Gasteiger partial charge in [0, 0.05) is 29.9 Å². The van der Waals surface area contributed by atoms with Gasteiger partial charge in [-0.25, -0.2) is 36.6 Å². The Kier molecular flexibility index (Phi) is 23.9. The normalized spacial score (nSPS) is 46.0. The highest BCUT2D eigenvalue weighted by Crippen LogP contribution is 2.70. The molecule has 118 heavy (non-hydrogen) atoms. The number of aromatic nitrogens is 14. The number of rotatable bonds is 16. The van der Waals surface area contributed by atoms with Crippen molar-refractivity contribution in [2.75, 3.05) is 26.7 Å². The molecule has 0 saturated heterocycles. The molecule has 652 valence electrons. The average Bonchev–Trinajstić information content (AvgIpc) is 1.61. The lowest BCUT2D eigenvalue weighted by molar-refractivity contribution is -0.134. The number of alkyl halides is 4. The first kappa shape index (κ1) is 84.9. The Morgan fingerprint density at radius 1 is 0.390 bits per heavy atom. The zero-order chi connectivity index (χ0) is 82.6. The smallest absolute Gasteiger partial charge is 0.171 e. The van der Waals surface area contributed by atoms with Gasteiger partial charge in [0.25, 0.3) is 0 Å². The number of halogens is 4. The van der Waals surface area contributed by atoms with Crippen LogP contribution in [0.1, 0.15) is 270 Å². The van der Waals surface area contributed by atoms with E-state index in [0.717, 1.165) is 128 Å². The topological polar surface area (TPSA) is 298 Å². The van der Waals surface area contributed by atoms with Gasteiger partial charge in [0.2, 0.25) is 0 Å². The SMILES string of the molecule is C[C@]12CC[C@H]3[C@@H](CC[C@@H]4C[C@@](O)(CF)CC[C@@H]43)[C@@H]1CC[C@@H]2C(=O)Cn1ccnn1.C[C@]12CC[C@H]3[C@@H](CC[C@@H]4C[C@@](O)(CF)CC[C@@H]43)[C@@H]1CC[C@@H]2C(=O)Cn1cncn1.Cc1nnn(CC(=O)[C@H]2CC[C@H]3[C@@H]4CC[C@@H]5C[C@@](O)(CF)CC[C@@H]5[C@H]4CC[C@]23C)n1.Cc1nnnn1CC(=O)[C@H]1CC[C@H]2[C@@H]3CC[C@@H]4C[C@@](O)(CF)CC[C@@H]4[C@H]3CC[C@]12C. The number of nitrogens with zero attached hydrogens (tertiary/aromatic N) is 14. The summed E-state index contributed by atoms with van der Waals surface area (Å²) in [5.74, 6) is 15.5. The fraction of sp³-hybridized carbons (Fsp3) is 0.891. The van der Waals surface area contributed by atoms with E-state index in [0.29, 0.717) is 206 Å². The molecule has 4 aromatic rings. The number of hydrogen-bond acceptors (Lipinski definition) is 18. The Morgan fingerprint density at radius 3 is 1.04 bits per heavy atom. The molecule has 4 aromatic heterocycles. The van der Waals surface area contributed by atoms with E-state index < -0.39 is 49.1 Å². The number of tetrazole rings is 2. The number of carbonyl (C=O) groups is 4. The van der Waals surface area contributed by atoms with E-state index in [1.54, 1.807) is 39.7 Å². The second kappa shape index (κ2) is 33.3. The summed E-state index contributed by atoms with van der Waals surface area (Å²) in [6.07, 6.45) is 42.5. The van der Waals surface area contributed by atoms with Crippen molar-refractivity contribution in [1.29, 1.82) is 0 Å². The van der Waals surface area contributed by atoms with Gasteiger partial charge >= 0.3 is 0 Å². The molecule has 0 unspecified atom stereocenters. The van der Waals surface area contributed by atoms with Gasteiger partial charge in [0.05, 0.1) is 28.6 Å². The molecule has 0 aromatic carbocycles. The highest BCUT2D eigenvalue weighted by molar-refractivity contribution is 5.83. The molecule has 20 rings (SSSR count). The second-order valence-corrected chi connectivity index (χ2v) is 43.7. The molecule has 16 aliphatic rings. The van der Waals surface area contributed by atoms with Gasteiger partial charge < -0.3 is 20.4 Å². The molecular weight excluding hydrogens is 1510 g/mol. The monoisotopic (exact) mass is 1640 g/mol. The fourth-order valence-electron chi connectivity index (χ4n) is 32.9. The van der Waals surface area contributed by atoms with E-state index in [4.69, 9.17) is 0 Å². The summed E-state index contributed by atoms with van der Waals surface area (Å²) in [5.41, 5.74) is -3.89. The zero-order valence-electron chi connectivity index (χ0n) is 71.5. The predicted octanol–water partition coefficient (Wildman–Crippen LogP) is 14.7. The Hall–Kier alpha value is -5.34. The van der Waals surface area contributed by atoms with E-state index >= 15 is 0 Å². The second-order valence-electron chi connectivity index (χ2n) is 43.7. The van der Waals surface area contributed by atoms with Crippen molar-refractivity contribution < 1.29 is 57.2 Å². The number of ketones is 4. The van der Waals surface area contributed by atoms with E-state index in [2.05, 4.69) is 79.0 Å². The van der Waals surface area contributed by atoms with Crippen molar-refractivity contribution in [3.63, 3.8) is 0 Å². The third kappa shape index (κ3) is 15.6. The molecule has 16 aliphatic carbocycles. The molecule has 22 nitrogen and oxygen atoms in total. The number of carbonyl (C=O) groups excluding carboxylic acids is 4. The summed E-state index contributed by atoms with van der Waals surface area (Å²) in [7, 11) is 0. The van der Waals surface area contributed by atoms with E-state index in [1.807, 2.05) is 6.92 Å². The van der Waals surface area contributed by atoms with Crippen LogP contribution < -0.4 is 0 Å². The summed E-state index contributed by atoms with van der Waals surface area (Å²) in [4.78, 5) is 58.1. The maximum Gasteiger partial charge on any atom is 0.171 e. The number of Topliss-reactive ketones (excluding diaryl/α,β-unsaturated/α-hetero) is 4. The molecule has 16 saturated carbocycles. The van der Waals surface area contributed by atoms with E-state index in [1.165, 1.54) is 62.5 Å². The van der Waals surface area contributed by atoms with Gasteiger partial charge in [0.1, 0.15) is 71.4 Å². The summed E-state index contributed by atoms with van der Waals surface area (Å²) < 4.78 is 58.4. The Balaban J connectivity index is 0.000000113. The summed E-state index contributed by atoms with van der Waals surface area (Å²) in [5, 5.41) is 77.5. The van der Waals surface area contributed by atoms with E-state index in [-0.39, 0.29) is 70.0 Å². The lowest BCUT2D eigenvalue weighted by atomic mass is 9.49. The lowest BCUT2D eigenvalue weighted by Gasteiger charge is -2.56. The molecule has 26 heteroatoms. The van der Waals surface area contributed by atoms with Crippen LogP contribution >= 0.6 is 0 Å². The molecule has 0 radical (unpaired) electrons. The van der Waals surface area contributed by atoms with Crippen LogP contribution in [0.5, 0.6) is 0 Å². The summed E-state index contributed by atoms with van der Waals surface area (Å²) >= 11 is 0. The van der Waals surface area contributed by atoms with Gasteiger partial charge in [-0.1, -0.05) is 32.9 Å². The Morgan fingerprint density at radius 2 is 0.737 bits per heavy atom. The minimum atomic E-state index is -1.07. The fourth-order valence-corrected chi connectivity index (χ4v) is 32.9. The number of aliphatic hydroxyl groups is 4. The van der Waals surface area contributed by atoms with Crippen molar-refractivity contribution in [2.45, 2.75) is 321 Å². The molecule has 0 amide bonds. The molecular formula is C92H138F4N14O8. The van der Waals surface area contributed by atoms with Crippen molar-refractivity contribution in [3.05, 3.63) is 36.7 Å². The van der Waals surface area contributed by atoms with Crippen molar-refractivity contribution in [2.24, 2.45) is 164 Å². The Labute approximate surface area is 695 Å². The largest absolute Gasteiger partial charge is 0.387 e. The minimum Gasteiger partial charge on any atom is -0.387 e. The van der Waals surface area contributed by atoms with Crippen LogP contribution in [0, 0.1) is 178 Å². The van der Waals surface area contributed by atoms with Gasteiger partial charge in [-0.05, 0) is 401 Å². The van der Waals surface area contributed by atoms with Crippen LogP contribution in [-0.4, -0.2) is 163 Å². The van der Waals surface area contributed by atoms with Crippen molar-refractivity contribution in [3.8, 4) is 0 Å². The van der Waals surface area contributed by atoms with Crippen LogP contribution in [0.2, 0.25) is 0 Å². The first-order valence-corrected chi connectivity index (χ1v) is 46.9. The van der Waals surface area contributed by atoms with Gasteiger partial charge in [-0.15, -0.1) is 20.4 Å². The highest BCUT2D eigenvalue weighted by atomic mass is 19.1. The molecule has 0 spiro atoms. The first-order valence-electron chi connectivity index (χ1n) is 46.9. The van der Waals surface area contributed by atoms with Crippen LogP contribution in [-0.2, 0) is 45.4 Å². The van der Waals surface area contributed by atoms with Crippen molar-refractivity contribution >= 4 is 23.1 Å². The van der Waals surface area contributed by atoms with E-state index in [9.17, 15) is 57.2 Å². The number of hydrogen-bond donors (Lipinski definition) is 4. The molecule has 32 atom stereocenters. The first-order chi connectivity index (χ1) is 56.5. The van der Waals surface area contributed by atoms with Crippen LogP contribution in [0.25, 0.3) is 0 Å². The quantitative estimate of drug-likeness (QED) is 0.0758. The van der Waals surface area contributed by atoms with Gasteiger partial charge in [-0.3, -0.25) is 19.2 Å². The third-order valence-electron chi connectivity index (χ3n) is 38.4. The summed E-state index contributed by atoms with van der Waals surface area (Å²) in [6, 6.07) is 0. The van der Waals surface area contributed by atoms with Crippen LogP contribution in [0.15, 0.2) is 25.0 Å². The van der Waals surface area contributed by atoms with Crippen molar-refractivity contribution in [1.82, 2.24) is 70.2 Å². The van der Waals surface area contributed by atoms with Gasteiger partial charge in [-0.2, -0.15) is 9.90 Å². The van der Waals surface area contributed by atoms with Crippen LogP contribution in [0.4, 0.5) is 17.6 Å². The Bertz CT molecular complexity index is 4050. The standard InChI is InChI=1S/2C23H35FN4O2.2C23H34FN3O2/c1-14-25-26-27-28(14)12-21(29)20-6-5-19-18-4-3-15-11-23(30,13-24)10-8-16(15)17(18)7-9-22(19,20)2;1-14-25-27-28(26-14)12-21(29)20-6-5-19-18-4-3-15-11-23(30,13-24)10-8-16(15)17(18)7-9-22(19,20)2;1-22-8-6-17-16-7-9-23(29,12-24)10-15(16)2-3-18(17)19(22)4-5-20(22)21(28)11-27-14-25-13-26-27;1-22-8-6-17-16-7-9-23(29,14-24)12-15(16)2-3-18(17)19(22)4-5-20(22)21(28)13-27-11-10-25-26-27/h2*15-20,30H,3-13H2,1-2H3;13-20,29H,2-12H2,1H3;10-11,15-20,29H,2-9,12-14H2,1H3/t4*15-,16+,17-,18-,19+,20-,22+,23-/m1111/s1. The average molecular weight is 1640 g/mol. The number of fused-ring (bicyclic) bond motifs is 20.